The van der Waals surface area contributed by atoms with Gasteiger partial charge in [0.15, 0.2) is 5.57 Å². The van der Waals surface area contributed by atoms with Crippen LogP contribution in [0.5, 0.6) is 0 Å². The standard InChI is InChI=1S/C20H27N3O2/c1-3-25-20(24)17(13-21)14-22-19-12-8-7-9-16(19)15-23(2)18-10-5-4-6-11-18/h7-9,12,14,18,22H,3-6,10-11,15H2,1-2H3/b17-14+. The van der Waals surface area contributed by atoms with Gasteiger partial charge in [-0.05, 0) is 38.4 Å². The summed E-state index contributed by atoms with van der Waals surface area (Å²) in [6, 6.07) is 10.5. The van der Waals surface area contributed by atoms with E-state index in [1.54, 1.807) is 6.92 Å². The average Bonchev–Trinajstić information content (AvgIpc) is 2.64. The Morgan fingerprint density at radius 3 is 2.76 bits per heavy atom. The normalized spacial score (nSPS) is 15.7. The number of hydrogen-bond acceptors (Lipinski definition) is 5. The summed E-state index contributed by atoms with van der Waals surface area (Å²) in [5.74, 6) is -0.602. The zero-order chi connectivity index (χ0) is 18.1. The molecule has 1 N–H and O–H groups in total. The number of nitrogens with zero attached hydrogens (tertiary/aromatic N) is 2. The number of esters is 1. The third kappa shape index (κ3) is 5.61. The number of carbonyl (C=O) groups excluding carboxylic acids is 1. The number of para-hydroxylation sites is 1. The minimum Gasteiger partial charge on any atom is -0.462 e. The minimum atomic E-state index is -0.602. The SMILES string of the molecule is CCOC(=O)/C(C#N)=C/Nc1ccccc1CN(C)C1CCCCC1. The molecule has 1 saturated carbocycles. The highest BCUT2D eigenvalue weighted by Crippen LogP contribution is 2.25. The van der Waals surface area contributed by atoms with Gasteiger partial charge in [-0.15, -0.1) is 0 Å². The highest BCUT2D eigenvalue weighted by Gasteiger charge is 2.18. The summed E-state index contributed by atoms with van der Waals surface area (Å²) in [5.41, 5.74) is 2.02. The fourth-order valence-electron chi connectivity index (χ4n) is 3.21. The molecule has 5 nitrogen and oxygen atoms in total. The van der Waals surface area contributed by atoms with Crippen LogP contribution in [-0.2, 0) is 16.1 Å². The third-order valence-electron chi connectivity index (χ3n) is 4.62. The van der Waals surface area contributed by atoms with Crippen molar-refractivity contribution in [1.82, 2.24) is 4.90 Å². The van der Waals surface area contributed by atoms with E-state index in [9.17, 15) is 4.79 Å². The van der Waals surface area contributed by atoms with E-state index in [0.29, 0.717) is 6.04 Å². The van der Waals surface area contributed by atoms with Crippen molar-refractivity contribution in [1.29, 1.82) is 5.26 Å². The Morgan fingerprint density at radius 2 is 2.08 bits per heavy atom. The van der Waals surface area contributed by atoms with Crippen molar-refractivity contribution in [3.05, 3.63) is 41.6 Å². The maximum atomic E-state index is 11.7. The van der Waals surface area contributed by atoms with Crippen LogP contribution in [0.1, 0.15) is 44.6 Å². The lowest BCUT2D eigenvalue weighted by Crippen LogP contribution is -2.33. The number of nitriles is 1. The van der Waals surface area contributed by atoms with E-state index >= 15 is 0 Å². The quantitative estimate of drug-likeness (QED) is 0.464. The van der Waals surface area contributed by atoms with Gasteiger partial charge in [0.1, 0.15) is 6.07 Å². The van der Waals surface area contributed by atoms with Crippen LogP contribution < -0.4 is 5.32 Å². The van der Waals surface area contributed by atoms with Gasteiger partial charge in [-0.2, -0.15) is 5.26 Å². The molecule has 0 radical (unpaired) electrons. The van der Waals surface area contributed by atoms with Gasteiger partial charge in [0.05, 0.1) is 6.61 Å². The number of benzene rings is 1. The van der Waals surface area contributed by atoms with Crippen LogP contribution >= 0.6 is 0 Å². The van der Waals surface area contributed by atoms with Gasteiger partial charge in [-0.1, -0.05) is 37.5 Å². The lowest BCUT2D eigenvalue weighted by Gasteiger charge is -2.31. The van der Waals surface area contributed by atoms with E-state index in [0.717, 1.165) is 17.8 Å². The number of nitrogens with one attached hydrogen (secondary N) is 1. The second kappa shape index (κ2) is 9.85. The predicted octanol–water partition coefficient (Wildman–Crippen LogP) is 3.83. The molecule has 1 aromatic rings. The van der Waals surface area contributed by atoms with Crippen molar-refractivity contribution in [2.24, 2.45) is 0 Å². The number of carbonyl (C=O) groups is 1. The monoisotopic (exact) mass is 341 g/mol. The maximum absolute atomic E-state index is 11.7. The van der Waals surface area contributed by atoms with E-state index in [-0.39, 0.29) is 12.2 Å². The van der Waals surface area contributed by atoms with Crippen LogP contribution in [0, 0.1) is 11.3 Å². The van der Waals surface area contributed by atoms with Crippen molar-refractivity contribution in [3.8, 4) is 6.07 Å². The van der Waals surface area contributed by atoms with Crippen LogP contribution in [0.15, 0.2) is 36.0 Å². The Bertz CT molecular complexity index is 643. The van der Waals surface area contributed by atoms with Crippen LogP contribution in [-0.4, -0.2) is 30.6 Å². The maximum Gasteiger partial charge on any atom is 0.350 e. The molecule has 2 rings (SSSR count). The van der Waals surface area contributed by atoms with Crippen molar-refractivity contribution in [2.45, 2.75) is 51.6 Å². The molecule has 0 aliphatic heterocycles. The molecule has 0 unspecified atom stereocenters. The topological polar surface area (TPSA) is 65.4 Å². The predicted molar refractivity (Wildman–Crippen MR) is 98.7 cm³/mol. The molecule has 134 valence electrons. The average molecular weight is 341 g/mol. The van der Waals surface area contributed by atoms with Gasteiger partial charge in [-0.25, -0.2) is 4.79 Å². The van der Waals surface area contributed by atoms with Gasteiger partial charge in [0.25, 0.3) is 0 Å². The molecule has 1 aliphatic carbocycles. The summed E-state index contributed by atoms with van der Waals surface area (Å²) in [4.78, 5) is 14.1. The van der Waals surface area contributed by atoms with Crippen LogP contribution in [0.3, 0.4) is 0 Å². The highest BCUT2D eigenvalue weighted by molar-refractivity contribution is 5.93. The van der Waals surface area contributed by atoms with Crippen molar-refractivity contribution in [3.63, 3.8) is 0 Å². The molecule has 1 aliphatic rings. The van der Waals surface area contributed by atoms with E-state index in [1.807, 2.05) is 24.3 Å². The molecular formula is C20H27N3O2. The summed E-state index contributed by atoms with van der Waals surface area (Å²) >= 11 is 0. The number of ether oxygens (including phenoxy) is 1. The van der Waals surface area contributed by atoms with Crippen LogP contribution in [0.4, 0.5) is 5.69 Å². The molecular weight excluding hydrogens is 314 g/mol. The number of rotatable bonds is 7. The molecule has 0 amide bonds. The molecule has 5 heteroatoms. The lowest BCUT2D eigenvalue weighted by molar-refractivity contribution is -0.138. The number of anilines is 1. The van der Waals surface area contributed by atoms with Crippen molar-refractivity contribution < 1.29 is 9.53 Å². The summed E-state index contributed by atoms with van der Waals surface area (Å²) in [6.45, 7) is 2.81. The third-order valence-corrected chi connectivity index (χ3v) is 4.62. The molecule has 0 bridgehead atoms. The zero-order valence-electron chi connectivity index (χ0n) is 15.1. The van der Waals surface area contributed by atoms with Gasteiger partial charge >= 0.3 is 5.97 Å². The van der Waals surface area contributed by atoms with E-state index < -0.39 is 5.97 Å². The van der Waals surface area contributed by atoms with Gasteiger partial charge < -0.3 is 10.1 Å². The van der Waals surface area contributed by atoms with Gasteiger partial charge in [0.2, 0.25) is 0 Å². The summed E-state index contributed by atoms with van der Waals surface area (Å²) in [6.07, 6.45) is 7.90. The van der Waals surface area contributed by atoms with Crippen molar-refractivity contribution >= 4 is 11.7 Å². The molecule has 1 aromatic carbocycles. The second-order valence-electron chi connectivity index (χ2n) is 6.40. The minimum absolute atomic E-state index is 0.0303. The Labute approximate surface area is 150 Å². The molecule has 0 aromatic heterocycles. The van der Waals surface area contributed by atoms with E-state index in [1.165, 1.54) is 38.3 Å². The molecule has 0 atom stereocenters. The van der Waals surface area contributed by atoms with Gasteiger partial charge in [0, 0.05) is 24.5 Å². The molecule has 25 heavy (non-hydrogen) atoms. The molecule has 0 saturated heterocycles. The molecule has 1 fully saturated rings. The first-order valence-corrected chi connectivity index (χ1v) is 8.97. The van der Waals surface area contributed by atoms with Crippen LogP contribution in [0.25, 0.3) is 0 Å². The Balaban J connectivity index is 2.06. The Kier molecular flexibility index (Phi) is 7.49. The largest absolute Gasteiger partial charge is 0.462 e. The summed E-state index contributed by atoms with van der Waals surface area (Å²) < 4.78 is 4.88. The fourth-order valence-corrected chi connectivity index (χ4v) is 3.21. The molecule has 0 heterocycles. The Morgan fingerprint density at radius 1 is 1.36 bits per heavy atom. The molecule has 0 spiro atoms. The lowest BCUT2D eigenvalue weighted by atomic mass is 9.94. The van der Waals surface area contributed by atoms with Crippen molar-refractivity contribution in [2.75, 3.05) is 19.0 Å². The first-order valence-electron chi connectivity index (χ1n) is 8.97. The second-order valence-corrected chi connectivity index (χ2v) is 6.40. The smallest absolute Gasteiger partial charge is 0.350 e. The summed E-state index contributed by atoms with van der Waals surface area (Å²) in [7, 11) is 2.17. The van der Waals surface area contributed by atoms with E-state index in [2.05, 4.69) is 23.3 Å². The zero-order valence-corrected chi connectivity index (χ0v) is 15.1. The summed E-state index contributed by atoms with van der Waals surface area (Å²) in [5, 5.41) is 12.2. The highest BCUT2D eigenvalue weighted by atomic mass is 16.5. The van der Waals surface area contributed by atoms with Gasteiger partial charge in [-0.3, -0.25) is 4.90 Å². The number of hydrogen-bond donors (Lipinski definition) is 1. The van der Waals surface area contributed by atoms with E-state index in [4.69, 9.17) is 10.00 Å². The van der Waals surface area contributed by atoms with Crippen LogP contribution in [0.2, 0.25) is 0 Å². The Hall–Kier alpha value is -2.32. The first-order chi connectivity index (χ1) is 12.2. The first kappa shape index (κ1) is 19.0. The fraction of sp³-hybridized carbons (Fsp3) is 0.500.